The SMILES string of the molecule is Cc1ncc(-c2ccc(S(=O)(=O)NC(C)Cc3cnccn3)c(Cl)c2)cn1. The third-order valence-electron chi connectivity index (χ3n) is 3.82. The lowest BCUT2D eigenvalue weighted by atomic mass is 10.1. The first-order valence-corrected chi connectivity index (χ1v) is 10.1. The van der Waals surface area contributed by atoms with Crippen LogP contribution in [0.1, 0.15) is 18.4 Å². The van der Waals surface area contributed by atoms with Crippen LogP contribution in [0.15, 0.2) is 54.1 Å². The minimum absolute atomic E-state index is 0.0203. The number of hydrogen-bond donors (Lipinski definition) is 1. The van der Waals surface area contributed by atoms with Gasteiger partial charge in [-0.15, -0.1) is 0 Å². The summed E-state index contributed by atoms with van der Waals surface area (Å²) in [7, 11) is -3.78. The van der Waals surface area contributed by atoms with Gasteiger partial charge in [-0.25, -0.2) is 23.1 Å². The molecule has 1 unspecified atom stereocenters. The second-order valence-corrected chi connectivity index (χ2v) is 8.18. The lowest BCUT2D eigenvalue weighted by Crippen LogP contribution is -2.34. The quantitative estimate of drug-likeness (QED) is 0.679. The summed E-state index contributed by atoms with van der Waals surface area (Å²) >= 11 is 6.26. The zero-order valence-electron chi connectivity index (χ0n) is 14.8. The summed E-state index contributed by atoms with van der Waals surface area (Å²) in [6, 6.07) is 4.39. The van der Waals surface area contributed by atoms with E-state index in [-0.39, 0.29) is 16.0 Å². The second-order valence-electron chi connectivity index (χ2n) is 6.09. The Morgan fingerprint density at radius 3 is 2.44 bits per heavy atom. The van der Waals surface area contributed by atoms with Crippen molar-refractivity contribution in [2.75, 3.05) is 0 Å². The van der Waals surface area contributed by atoms with Gasteiger partial charge in [0, 0.05) is 49.0 Å². The Hall–Kier alpha value is -2.42. The predicted molar refractivity (Wildman–Crippen MR) is 103 cm³/mol. The fourth-order valence-corrected chi connectivity index (χ4v) is 4.35. The molecule has 0 saturated carbocycles. The number of hydrogen-bond acceptors (Lipinski definition) is 6. The second kappa shape index (κ2) is 8.08. The molecule has 2 heterocycles. The normalized spacial score (nSPS) is 12.7. The van der Waals surface area contributed by atoms with Gasteiger partial charge in [0.1, 0.15) is 10.7 Å². The zero-order valence-corrected chi connectivity index (χ0v) is 16.4. The molecule has 2 aromatic heterocycles. The van der Waals surface area contributed by atoms with Crippen LogP contribution in [-0.4, -0.2) is 34.4 Å². The molecule has 0 saturated heterocycles. The van der Waals surface area contributed by atoms with Gasteiger partial charge in [0.15, 0.2) is 0 Å². The molecule has 0 fully saturated rings. The topological polar surface area (TPSA) is 97.7 Å². The van der Waals surface area contributed by atoms with Crippen LogP contribution in [0.4, 0.5) is 0 Å². The summed E-state index contributed by atoms with van der Waals surface area (Å²) in [6.45, 7) is 3.55. The lowest BCUT2D eigenvalue weighted by molar-refractivity contribution is 0.558. The summed E-state index contributed by atoms with van der Waals surface area (Å²) in [5.74, 6) is 0.658. The van der Waals surface area contributed by atoms with E-state index in [1.807, 2.05) is 0 Å². The van der Waals surface area contributed by atoms with Crippen LogP contribution in [-0.2, 0) is 16.4 Å². The average molecular weight is 404 g/mol. The Kier molecular flexibility index (Phi) is 5.79. The van der Waals surface area contributed by atoms with E-state index in [1.54, 1.807) is 57.0 Å². The van der Waals surface area contributed by atoms with Crippen LogP contribution in [0.5, 0.6) is 0 Å². The van der Waals surface area contributed by atoms with Crippen molar-refractivity contribution in [3.05, 3.63) is 65.7 Å². The molecule has 0 amide bonds. The number of benzene rings is 1. The molecule has 0 bridgehead atoms. The Balaban J connectivity index is 1.79. The molecule has 0 aliphatic rings. The van der Waals surface area contributed by atoms with Gasteiger partial charge in [0.25, 0.3) is 0 Å². The standard InChI is InChI=1S/C18H18ClN5O2S/c1-12(7-16-11-20-5-6-21-16)24-27(25,26)18-4-3-14(8-17(18)19)15-9-22-13(2)23-10-15/h3-6,8-12,24H,7H2,1-2H3. The van der Waals surface area contributed by atoms with Crippen LogP contribution in [0.3, 0.4) is 0 Å². The third kappa shape index (κ3) is 4.85. The number of halogens is 1. The van der Waals surface area contributed by atoms with Gasteiger partial charge >= 0.3 is 0 Å². The van der Waals surface area contributed by atoms with Crippen LogP contribution >= 0.6 is 11.6 Å². The molecule has 7 nitrogen and oxygen atoms in total. The van der Waals surface area contributed by atoms with Crippen LogP contribution in [0.25, 0.3) is 11.1 Å². The van der Waals surface area contributed by atoms with Gasteiger partial charge in [0.05, 0.1) is 10.7 Å². The molecule has 1 atom stereocenters. The molecule has 3 rings (SSSR count). The highest BCUT2D eigenvalue weighted by Crippen LogP contribution is 2.28. The van der Waals surface area contributed by atoms with Crippen molar-refractivity contribution < 1.29 is 8.42 Å². The maximum atomic E-state index is 12.7. The van der Waals surface area contributed by atoms with Crippen LogP contribution in [0.2, 0.25) is 5.02 Å². The monoisotopic (exact) mass is 403 g/mol. The Morgan fingerprint density at radius 2 is 1.81 bits per heavy atom. The molecule has 0 spiro atoms. The summed E-state index contributed by atoms with van der Waals surface area (Å²) in [4.78, 5) is 16.4. The van der Waals surface area contributed by atoms with E-state index < -0.39 is 10.0 Å². The Morgan fingerprint density at radius 1 is 1.07 bits per heavy atom. The number of rotatable bonds is 6. The maximum Gasteiger partial charge on any atom is 0.242 e. The van der Waals surface area contributed by atoms with Crippen molar-refractivity contribution in [1.29, 1.82) is 0 Å². The summed E-state index contributed by atoms with van der Waals surface area (Å²) < 4.78 is 28.0. The van der Waals surface area contributed by atoms with E-state index in [2.05, 4.69) is 24.7 Å². The largest absolute Gasteiger partial charge is 0.261 e. The molecule has 1 aromatic carbocycles. The molecule has 1 N–H and O–H groups in total. The molecule has 0 aliphatic heterocycles. The number of nitrogens with one attached hydrogen (secondary N) is 1. The summed E-state index contributed by atoms with van der Waals surface area (Å²) in [5.41, 5.74) is 2.20. The predicted octanol–water partition coefficient (Wildman–Crippen LogP) is 2.80. The maximum absolute atomic E-state index is 12.7. The molecule has 3 aromatic rings. The molecule has 9 heteroatoms. The van der Waals surface area contributed by atoms with Crippen molar-refractivity contribution >= 4 is 21.6 Å². The molecular weight excluding hydrogens is 386 g/mol. The fraction of sp³-hybridized carbons (Fsp3) is 0.222. The van der Waals surface area contributed by atoms with Gasteiger partial charge < -0.3 is 0 Å². The highest BCUT2D eigenvalue weighted by atomic mass is 35.5. The van der Waals surface area contributed by atoms with Crippen LogP contribution in [0, 0.1) is 6.92 Å². The van der Waals surface area contributed by atoms with E-state index in [4.69, 9.17) is 11.6 Å². The molecule has 140 valence electrons. The van der Waals surface area contributed by atoms with Crippen molar-refractivity contribution in [2.24, 2.45) is 0 Å². The number of nitrogens with zero attached hydrogens (tertiary/aromatic N) is 4. The van der Waals surface area contributed by atoms with Gasteiger partial charge in [-0.1, -0.05) is 17.7 Å². The molecule has 27 heavy (non-hydrogen) atoms. The van der Waals surface area contributed by atoms with Gasteiger partial charge in [-0.3, -0.25) is 9.97 Å². The average Bonchev–Trinajstić information content (AvgIpc) is 2.62. The lowest BCUT2D eigenvalue weighted by Gasteiger charge is -2.15. The fourth-order valence-electron chi connectivity index (χ4n) is 2.56. The molecule has 0 aliphatic carbocycles. The van der Waals surface area contributed by atoms with Gasteiger partial charge in [0.2, 0.25) is 10.0 Å². The van der Waals surface area contributed by atoms with E-state index in [0.717, 1.165) is 11.1 Å². The number of sulfonamides is 1. The summed E-state index contributed by atoms with van der Waals surface area (Å²) in [6.07, 6.45) is 8.51. The van der Waals surface area contributed by atoms with Crippen molar-refractivity contribution in [3.63, 3.8) is 0 Å². The van der Waals surface area contributed by atoms with Gasteiger partial charge in [-0.2, -0.15) is 0 Å². The highest BCUT2D eigenvalue weighted by Gasteiger charge is 2.21. The molecular formula is C18H18ClN5O2S. The Bertz CT molecular complexity index is 1030. The minimum atomic E-state index is -3.78. The van der Waals surface area contributed by atoms with Crippen molar-refractivity contribution in [1.82, 2.24) is 24.7 Å². The van der Waals surface area contributed by atoms with Crippen molar-refractivity contribution in [2.45, 2.75) is 31.2 Å². The van der Waals surface area contributed by atoms with E-state index in [1.165, 1.54) is 6.07 Å². The van der Waals surface area contributed by atoms with Crippen LogP contribution < -0.4 is 4.72 Å². The number of aryl methyl sites for hydroxylation is 1. The first-order valence-electron chi connectivity index (χ1n) is 8.21. The van der Waals surface area contributed by atoms with Crippen molar-refractivity contribution in [3.8, 4) is 11.1 Å². The smallest absolute Gasteiger partial charge is 0.242 e. The highest BCUT2D eigenvalue weighted by molar-refractivity contribution is 7.89. The van der Waals surface area contributed by atoms with E-state index in [9.17, 15) is 8.42 Å². The number of aromatic nitrogens is 4. The van der Waals surface area contributed by atoms with E-state index >= 15 is 0 Å². The first kappa shape index (κ1) is 19.3. The van der Waals surface area contributed by atoms with Gasteiger partial charge in [-0.05, 0) is 31.5 Å². The minimum Gasteiger partial charge on any atom is -0.261 e. The van der Waals surface area contributed by atoms with E-state index in [0.29, 0.717) is 17.9 Å². The third-order valence-corrected chi connectivity index (χ3v) is 5.90. The molecule has 0 radical (unpaired) electrons. The summed E-state index contributed by atoms with van der Waals surface area (Å²) in [5, 5.41) is 0.132. The zero-order chi connectivity index (χ0) is 19.4. The first-order chi connectivity index (χ1) is 12.8. The Labute approximate surface area is 162 Å².